The average Bonchev–Trinajstić information content (AvgIpc) is 3.07. The number of nitrogens with zero attached hydrogens (tertiary/aromatic N) is 1. The van der Waals surface area contributed by atoms with E-state index < -0.39 is 0 Å². The predicted molar refractivity (Wildman–Crippen MR) is 88.0 cm³/mol. The molecule has 4 atom stereocenters. The molecule has 4 unspecified atom stereocenters. The third-order valence-corrected chi connectivity index (χ3v) is 6.12. The number of likely N-dealkylation sites (tertiary alicyclic amines) is 1. The number of hydrogen-bond acceptors (Lipinski definition) is 3. The van der Waals surface area contributed by atoms with Gasteiger partial charge in [-0.15, -0.1) is 11.8 Å². The molecule has 1 aliphatic heterocycles. The highest BCUT2D eigenvalue weighted by Gasteiger charge is 2.43. The van der Waals surface area contributed by atoms with Crippen LogP contribution in [0.15, 0.2) is 30.3 Å². The van der Waals surface area contributed by atoms with E-state index in [0.29, 0.717) is 17.9 Å². The second-order valence-electron chi connectivity index (χ2n) is 6.35. The molecule has 1 aliphatic carbocycles. The summed E-state index contributed by atoms with van der Waals surface area (Å²) in [4.78, 5) is 14.6. The molecular formula is C17H24N2OS. The number of hydrogen-bond donors (Lipinski definition) is 1. The Morgan fingerprint density at radius 2 is 2.10 bits per heavy atom. The number of carbonyl (C=O) groups excluding carboxylic acids is 1. The molecular weight excluding hydrogens is 280 g/mol. The Kier molecular flexibility index (Phi) is 4.55. The minimum Gasteiger partial charge on any atom is -0.341 e. The van der Waals surface area contributed by atoms with Crippen molar-refractivity contribution in [1.29, 1.82) is 0 Å². The van der Waals surface area contributed by atoms with Gasteiger partial charge in [0.15, 0.2) is 0 Å². The van der Waals surface area contributed by atoms with Crippen LogP contribution < -0.4 is 5.73 Å². The van der Waals surface area contributed by atoms with Gasteiger partial charge in [0.1, 0.15) is 0 Å². The number of fused-ring (bicyclic) bond motifs is 1. The van der Waals surface area contributed by atoms with Gasteiger partial charge in [-0.25, -0.2) is 0 Å². The Labute approximate surface area is 131 Å². The summed E-state index contributed by atoms with van der Waals surface area (Å²) < 4.78 is 0. The fourth-order valence-corrected chi connectivity index (χ4v) is 4.54. The van der Waals surface area contributed by atoms with Crippen molar-refractivity contribution in [2.75, 3.05) is 13.1 Å². The molecule has 1 amide bonds. The minimum atomic E-state index is 0.0280. The van der Waals surface area contributed by atoms with E-state index in [1.165, 1.54) is 12.0 Å². The number of amides is 1. The molecule has 1 saturated heterocycles. The maximum atomic E-state index is 12.6. The van der Waals surface area contributed by atoms with Crippen molar-refractivity contribution < 1.29 is 4.79 Å². The van der Waals surface area contributed by atoms with Crippen LogP contribution in [0.1, 0.15) is 25.3 Å². The van der Waals surface area contributed by atoms with Gasteiger partial charge in [0.05, 0.1) is 5.25 Å². The van der Waals surface area contributed by atoms with Crippen molar-refractivity contribution in [3.63, 3.8) is 0 Å². The monoisotopic (exact) mass is 304 g/mol. The van der Waals surface area contributed by atoms with Gasteiger partial charge in [-0.2, -0.15) is 0 Å². The molecule has 0 spiro atoms. The molecule has 3 rings (SSSR count). The summed E-state index contributed by atoms with van der Waals surface area (Å²) in [6.07, 6.45) is 2.33. The van der Waals surface area contributed by atoms with Crippen LogP contribution >= 0.6 is 11.8 Å². The molecule has 2 fully saturated rings. The predicted octanol–water partition coefficient (Wildman–Crippen LogP) is 2.50. The van der Waals surface area contributed by atoms with Gasteiger partial charge >= 0.3 is 0 Å². The molecule has 1 saturated carbocycles. The van der Waals surface area contributed by atoms with Gasteiger partial charge in [0, 0.05) is 24.9 Å². The van der Waals surface area contributed by atoms with Crippen LogP contribution in [-0.2, 0) is 10.5 Å². The van der Waals surface area contributed by atoms with Crippen molar-refractivity contribution in [2.24, 2.45) is 17.6 Å². The first-order valence-electron chi connectivity index (χ1n) is 7.85. The molecule has 21 heavy (non-hydrogen) atoms. The highest BCUT2D eigenvalue weighted by molar-refractivity contribution is 7.99. The molecule has 0 bridgehead atoms. The van der Waals surface area contributed by atoms with Crippen LogP contribution in [0.2, 0.25) is 0 Å². The molecule has 2 aliphatic rings. The van der Waals surface area contributed by atoms with Gasteiger partial charge in [-0.3, -0.25) is 4.79 Å². The van der Waals surface area contributed by atoms with Crippen LogP contribution in [0.5, 0.6) is 0 Å². The minimum absolute atomic E-state index is 0.0280. The number of rotatable bonds is 4. The normalized spacial score (nSPS) is 29.4. The van der Waals surface area contributed by atoms with E-state index in [-0.39, 0.29) is 11.2 Å². The zero-order chi connectivity index (χ0) is 14.8. The summed E-state index contributed by atoms with van der Waals surface area (Å²) in [7, 11) is 0. The lowest BCUT2D eigenvalue weighted by molar-refractivity contribution is -0.129. The van der Waals surface area contributed by atoms with E-state index in [1.807, 2.05) is 25.1 Å². The van der Waals surface area contributed by atoms with E-state index in [4.69, 9.17) is 5.73 Å². The average molecular weight is 304 g/mol. The van der Waals surface area contributed by atoms with Crippen LogP contribution in [0.3, 0.4) is 0 Å². The van der Waals surface area contributed by atoms with Gasteiger partial charge < -0.3 is 10.6 Å². The molecule has 2 N–H and O–H groups in total. The third-order valence-electron chi connectivity index (χ3n) is 4.91. The van der Waals surface area contributed by atoms with Crippen LogP contribution in [0.4, 0.5) is 0 Å². The molecule has 1 aromatic carbocycles. The maximum absolute atomic E-state index is 12.6. The van der Waals surface area contributed by atoms with Gasteiger partial charge in [-0.1, -0.05) is 30.3 Å². The van der Waals surface area contributed by atoms with E-state index in [0.717, 1.165) is 25.3 Å². The fourth-order valence-electron chi connectivity index (χ4n) is 3.61. The van der Waals surface area contributed by atoms with Crippen LogP contribution in [0.25, 0.3) is 0 Å². The number of carbonyl (C=O) groups is 1. The first-order chi connectivity index (χ1) is 10.1. The fraction of sp³-hybridized carbons (Fsp3) is 0.588. The second kappa shape index (κ2) is 6.41. The number of thioether (sulfide) groups is 1. The lowest BCUT2D eigenvalue weighted by atomic mass is 9.98. The highest BCUT2D eigenvalue weighted by atomic mass is 32.2. The zero-order valence-electron chi connectivity index (χ0n) is 12.6. The molecule has 0 radical (unpaired) electrons. The molecule has 114 valence electrons. The summed E-state index contributed by atoms with van der Waals surface area (Å²) in [5, 5.41) is 0.0280. The van der Waals surface area contributed by atoms with Gasteiger partial charge in [0.25, 0.3) is 0 Å². The van der Waals surface area contributed by atoms with E-state index >= 15 is 0 Å². The Balaban J connectivity index is 1.51. The van der Waals surface area contributed by atoms with Crippen molar-refractivity contribution in [3.8, 4) is 0 Å². The topological polar surface area (TPSA) is 46.3 Å². The summed E-state index contributed by atoms with van der Waals surface area (Å²) in [5.74, 6) is 2.38. The summed E-state index contributed by atoms with van der Waals surface area (Å²) in [6, 6.07) is 10.7. The highest BCUT2D eigenvalue weighted by Crippen LogP contribution is 2.37. The smallest absolute Gasteiger partial charge is 0.235 e. The van der Waals surface area contributed by atoms with Gasteiger partial charge in [-0.05, 0) is 37.2 Å². The zero-order valence-corrected chi connectivity index (χ0v) is 13.4. The Morgan fingerprint density at radius 3 is 2.81 bits per heavy atom. The van der Waals surface area contributed by atoms with E-state index in [1.54, 1.807) is 11.8 Å². The Hall–Kier alpha value is -1.00. The van der Waals surface area contributed by atoms with Crippen molar-refractivity contribution in [1.82, 2.24) is 4.90 Å². The number of benzene rings is 1. The largest absolute Gasteiger partial charge is 0.341 e. The number of nitrogens with two attached hydrogens (primary N) is 1. The lowest BCUT2D eigenvalue weighted by Crippen LogP contribution is -2.37. The first kappa shape index (κ1) is 14.9. The molecule has 3 nitrogen and oxygen atoms in total. The summed E-state index contributed by atoms with van der Waals surface area (Å²) in [6.45, 7) is 3.83. The third kappa shape index (κ3) is 3.27. The standard InChI is InChI=1S/C17H24N2OS/c1-12(21-11-13-5-3-2-4-6-13)17(20)19-9-14-7-8-16(18)15(14)10-19/h2-6,12,14-16H,7-11,18H2,1H3. The van der Waals surface area contributed by atoms with E-state index in [9.17, 15) is 4.79 Å². The summed E-state index contributed by atoms with van der Waals surface area (Å²) in [5.41, 5.74) is 7.43. The molecule has 1 heterocycles. The van der Waals surface area contributed by atoms with Crippen molar-refractivity contribution in [2.45, 2.75) is 36.8 Å². The van der Waals surface area contributed by atoms with Crippen molar-refractivity contribution in [3.05, 3.63) is 35.9 Å². The van der Waals surface area contributed by atoms with Crippen LogP contribution in [0, 0.1) is 11.8 Å². The first-order valence-corrected chi connectivity index (χ1v) is 8.90. The van der Waals surface area contributed by atoms with Crippen LogP contribution in [-0.4, -0.2) is 35.2 Å². The SMILES string of the molecule is CC(SCc1ccccc1)C(=O)N1CC2CCC(N)C2C1. The Bertz CT molecular complexity index is 493. The van der Waals surface area contributed by atoms with E-state index in [2.05, 4.69) is 17.0 Å². The Morgan fingerprint density at radius 1 is 1.33 bits per heavy atom. The lowest BCUT2D eigenvalue weighted by Gasteiger charge is -2.22. The molecule has 0 aromatic heterocycles. The molecule has 1 aromatic rings. The van der Waals surface area contributed by atoms with Gasteiger partial charge in [0.2, 0.25) is 5.91 Å². The maximum Gasteiger partial charge on any atom is 0.235 e. The molecule has 4 heteroatoms. The second-order valence-corrected chi connectivity index (χ2v) is 7.68. The summed E-state index contributed by atoms with van der Waals surface area (Å²) >= 11 is 1.73. The van der Waals surface area contributed by atoms with Crippen molar-refractivity contribution >= 4 is 17.7 Å². The quantitative estimate of drug-likeness (QED) is 0.929.